The second kappa shape index (κ2) is 35.2. The van der Waals surface area contributed by atoms with Crippen molar-refractivity contribution in [1.29, 1.82) is 0 Å². The first-order chi connectivity index (χ1) is 21.5. The summed E-state index contributed by atoms with van der Waals surface area (Å²) in [5, 5.41) is 0. The lowest BCUT2D eigenvalue weighted by Crippen LogP contribution is -2.33. The lowest BCUT2D eigenvalue weighted by Gasteiger charge is -2.24. The van der Waals surface area contributed by atoms with Crippen molar-refractivity contribution in [3.05, 3.63) is 0 Å². The van der Waals surface area contributed by atoms with Gasteiger partial charge in [0.05, 0.1) is 0 Å². The maximum Gasteiger partial charge on any atom is 0.306 e. The van der Waals surface area contributed by atoms with Crippen LogP contribution in [0.3, 0.4) is 0 Å². The number of unbranched alkanes of at least 4 members (excludes halogenated alkanes) is 22. The van der Waals surface area contributed by atoms with Gasteiger partial charge in [-0.05, 0) is 72.1 Å². The average Bonchev–Trinajstić information content (AvgIpc) is 3.01. The molecule has 0 rings (SSSR count). The third-order valence-electron chi connectivity index (χ3n) is 9.35. The van der Waals surface area contributed by atoms with Gasteiger partial charge in [0.25, 0.3) is 0 Å². The summed E-state index contributed by atoms with van der Waals surface area (Å²) in [6.07, 6.45) is 37.1. The highest BCUT2D eigenvalue weighted by molar-refractivity contribution is 5.69. The molecule has 0 aliphatic rings. The number of carbonyl (C=O) groups is 1. The van der Waals surface area contributed by atoms with E-state index in [1.165, 1.54) is 174 Å². The van der Waals surface area contributed by atoms with E-state index in [4.69, 9.17) is 4.74 Å². The van der Waals surface area contributed by atoms with Crippen LogP contribution >= 0.6 is 0 Å². The smallest absolute Gasteiger partial charge is 0.306 e. The Labute approximate surface area is 278 Å². The summed E-state index contributed by atoms with van der Waals surface area (Å²) in [5.74, 6) is 0.0606. The lowest BCUT2D eigenvalue weighted by molar-refractivity contribution is -0.150. The second-order valence-electron chi connectivity index (χ2n) is 14.2. The molecule has 4 nitrogen and oxygen atoms in total. The van der Waals surface area contributed by atoms with Crippen LogP contribution in [0.4, 0.5) is 0 Å². The number of hydrogen-bond acceptors (Lipinski definition) is 4. The normalized spacial score (nSPS) is 11.8. The largest absolute Gasteiger partial charge is 0.462 e. The average molecular weight is 623 g/mol. The summed E-state index contributed by atoms with van der Waals surface area (Å²) in [7, 11) is 4.37. The topological polar surface area (TPSA) is 32.8 Å². The number of carbonyl (C=O) groups excluding carboxylic acids is 1. The fourth-order valence-corrected chi connectivity index (χ4v) is 6.27. The van der Waals surface area contributed by atoms with Gasteiger partial charge in [-0.3, -0.25) is 4.79 Å². The van der Waals surface area contributed by atoms with Crippen molar-refractivity contribution < 1.29 is 9.53 Å². The van der Waals surface area contributed by atoms with E-state index in [9.17, 15) is 4.79 Å². The second-order valence-corrected chi connectivity index (χ2v) is 14.2. The first-order valence-corrected chi connectivity index (χ1v) is 20.1. The summed E-state index contributed by atoms with van der Waals surface area (Å²) >= 11 is 0. The predicted molar refractivity (Wildman–Crippen MR) is 196 cm³/mol. The monoisotopic (exact) mass is 623 g/mol. The molecule has 0 saturated carbocycles. The summed E-state index contributed by atoms with van der Waals surface area (Å²) < 4.78 is 6.07. The molecule has 0 saturated heterocycles. The molecule has 0 aromatic carbocycles. The molecule has 0 aliphatic heterocycles. The van der Waals surface area contributed by atoms with Gasteiger partial charge in [0.2, 0.25) is 0 Å². The maximum absolute atomic E-state index is 12.7. The highest BCUT2D eigenvalue weighted by Crippen LogP contribution is 2.19. The first kappa shape index (κ1) is 43.4. The van der Waals surface area contributed by atoms with E-state index in [0.717, 1.165) is 32.2 Å². The van der Waals surface area contributed by atoms with Gasteiger partial charge < -0.3 is 14.5 Å². The van der Waals surface area contributed by atoms with Gasteiger partial charge in [-0.25, -0.2) is 0 Å². The van der Waals surface area contributed by atoms with Crippen LogP contribution in [0.15, 0.2) is 0 Å². The molecule has 0 fully saturated rings. The zero-order valence-corrected chi connectivity index (χ0v) is 31.1. The molecule has 0 radical (unpaired) electrons. The van der Waals surface area contributed by atoms with Crippen molar-refractivity contribution in [2.45, 2.75) is 213 Å². The van der Waals surface area contributed by atoms with Gasteiger partial charge in [0, 0.05) is 19.5 Å². The Morgan fingerprint density at radius 2 is 0.818 bits per heavy atom. The van der Waals surface area contributed by atoms with Gasteiger partial charge in [-0.1, -0.05) is 156 Å². The Hall–Kier alpha value is -0.610. The van der Waals surface area contributed by atoms with E-state index in [1.807, 2.05) is 0 Å². The molecule has 4 heteroatoms. The van der Waals surface area contributed by atoms with Gasteiger partial charge >= 0.3 is 5.97 Å². The Kier molecular flexibility index (Phi) is 34.8. The lowest BCUT2D eigenvalue weighted by atomic mass is 10.0. The SMILES string of the molecule is CCCCCCCCCC(CCCCCCCCC)OC(=O)CCCCCCCN(CCCCCCCCC)CCN(C)C. The molecule has 0 N–H and O–H groups in total. The van der Waals surface area contributed by atoms with Crippen molar-refractivity contribution in [3.8, 4) is 0 Å². The highest BCUT2D eigenvalue weighted by atomic mass is 16.5. The van der Waals surface area contributed by atoms with Crippen LogP contribution in [0, 0.1) is 0 Å². The third-order valence-corrected chi connectivity index (χ3v) is 9.35. The van der Waals surface area contributed by atoms with Crippen LogP contribution in [0.2, 0.25) is 0 Å². The minimum absolute atomic E-state index is 0.0606. The van der Waals surface area contributed by atoms with Crippen LogP contribution in [-0.4, -0.2) is 62.1 Å². The fourth-order valence-electron chi connectivity index (χ4n) is 6.27. The predicted octanol–water partition coefficient (Wildman–Crippen LogP) is 12.1. The fraction of sp³-hybridized carbons (Fsp3) is 0.975. The van der Waals surface area contributed by atoms with E-state index in [0.29, 0.717) is 6.42 Å². The molecule has 0 amide bonds. The molecule has 0 aromatic rings. The van der Waals surface area contributed by atoms with Crippen LogP contribution in [0.5, 0.6) is 0 Å². The number of rotatable bonds is 36. The summed E-state index contributed by atoms with van der Waals surface area (Å²) in [6.45, 7) is 11.7. The van der Waals surface area contributed by atoms with Crippen LogP contribution in [-0.2, 0) is 9.53 Å². The molecule has 0 heterocycles. The number of nitrogens with zero attached hydrogens (tertiary/aromatic N) is 2. The first-order valence-electron chi connectivity index (χ1n) is 20.1. The molecule has 0 aromatic heterocycles. The Balaban J connectivity index is 4.20. The molecule has 0 unspecified atom stereocenters. The summed E-state index contributed by atoms with van der Waals surface area (Å²) in [6, 6.07) is 0. The molecule has 44 heavy (non-hydrogen) atoms. The Bertz CT molecular complexity index is 550. The highest BCUT2D eigenvalue weighted by Gasteiger charge is 2.14. The van der Waals surface area contributed by atoms with Crippen LogP contribution in [0.1, 0.15) is 207 Å². The van der Waals surface area contributed by atoms with Gasteiger partial charge in [-0.2, -0.15) is 0 Å². The van der Waals surface area contributed by atoms with Crippen LogP contribution < -0.4 is 0 Å². The minimum Gasteiger partial charge on any atom is -0.462 e. The zero-order chi connectivity index (χ0) is 32.4. The van der Waals surface area contributed by atoms with E-state index in [2.05, 4.69) is 44.7 Å². The van der Waals surface area contributed by atoms with Crippen LogP contribution in [0.25, 0.3) is 0 Å². The zero-order valence-electron chi connectivity index (χ0n) is 31.1. The standard InChI is InChI=1S/C40H82N2O2/c1-6-9-12-15-18-22-27-32-39(33-28-23-19-16-13-10-7-2)44-40(43)34-29-24-21-26-31-36-42(38-37-41(4)5)35-30-25-20-17-14-11-8-3/h39H,6-38H2,1-5H3. The quantitative estimate of drug-likeness (QED) is 0.0514. The van der Waals surface area contributed by atoms with E-state index < -0.39 is 0 Å². The van der Waals surface area contributed by atoms with Gasteiger partial charge in [-0.15, -0.1) is 0 Å². The van der Waals surface area contributed by atoms with Crippen molar-refractivity contribution in [2.24, 2.45) is 0 Å². The van der Waals surface area contributed by atoms with E-state index >= 15 is 0 Å². The van der Waals surface area contributed by atoms with E-state index in [1.54, 1.807) is 0 Å². The molecule has 0 bridgehead atoms. The summed E-state index contributed by atoms with van der Waals surface area (Å²) in [4.78, 5) is 17.7. The molecule has 0 aliphatic carbocycles. The number of hydrogen-bond donors (Lipinski definition) is 0. The molecular formula is C40H82N2O2. The van der Waals surface area contributed by atoms with Gasteiger partial charge in [0.15, 0.2) is 0 Å². The Morgan fingerprint density at radius 1 is 0.455 bits per heavy atom. The molecule has 0 spiro atoms. The Morgan fingerprint density at radius 3 is 1.23 bits per heavy atom. The van der Waals surface area contributed by atoms with Crippen molar-refractivity contribution in [3.63, 3.8) is 0 Å². The van der Waals surface area contributed by atoms with E-state index in [-0.39, 0.29) is 12.1 Å². The number of ether oxygens (including phenoxy) is 1. The number of esters is 1. The van der Waals surface area contributed by atoms with Crippen molar-refractivity contribution >= 4 is 5.97 Å². The summed E-state index contributed by atoms with van der Waals surface area (Å²) in [5.41, 5.74) is 0. The maximum atomic E-state index is 12.7. The minimum atomic E-state index is 0.0606. The third kappa shape index (κ3) is 32.8. The van der Waals surface area contributed by atoms with Gasteiger partial charge in [0.1, 0.15) is 6.10 Å². The molecule has 264 valence electrons. The molecule has 0 atom stereocenters. The van der Waals surface area contributed by atoms with Crippen molar-refractivity contribution in [1.82, 2.24) is 9.80 Å². The van der Waals surface area contributed by atoms with Crippen molar-refractivity contribution in [2.75, 3.05) is 40.3 Å². The number of likely N-dealkylation sites (N-methyl/N-ethyl adjacent to an activating group) is 1. The molecular weight excluding hydrogens is 540 g/mol.